The predicted molar refractivity (Wildman–Crippen MR) is 72.5 cm³/mol. The number of ether oxygens (including phenoxy) is 1. The zero-order valence-electron chi connectivity index (χ0n) is 12.2. The van der Waals surface area contributed by atoms with Crippen molar-refractivity contribution in [2.45, 2.75) is 64.4 Å². The van der Waals surface area contributed by atoms with Gasteiger partial charge < -0.3 is 9.84 Å². The summed E-state index contributed by atoms with van der Waals surface area (Å²) in [7, 11) is 0. The monoisotopic (exact) mass is 266 g/mol. The summed E-state index contributed by atoms with van der Waals surface area (Å²) in [5.41, 5.74) is -0.913. The van der Waals surface area contributed by atoms with E-state index in [0.29, 0.717) is 6.61 Å². The molecule has 19 heavy (non-hydrogen) atoms. The first-order chi connectivity index (χ1) is 8.94. The molecule has 1 atom stereocenters. The number of carbonyl (C=O) groups excluding carboxylic acids is 1. The molecule has 0 amide bonds. The maximum Gasteiger partial charge on any atom is 0.308 e. The molecule has 0 radical (unpaired) electrons. The van der Waals surface area contributed by atoms with Crippen LogP contribution < -0.4 is 0 Å². The Kier molecular flexibility index (Phi) is 3.16. The number of aliphatic hydroxyl groups is 1. The van der Waals surface area contributed by atoms with E-state index in [-0.39, 0.29) is 17.8 Å². The molecule has 4 fully saturated rings. The first kappa shape index (κ1) is 13.4. The van der Waals surface area contributed by atoms with Gasteiger partial charge in [-0.2, -0.15) is 0 Å². The molecule has 4 aliphatic rings. The molecule has 0 aromatic heterocycles. The van der Waals surface area contributed by atoms with Crippen LogP contribution in [0.1, 0.15) is 58.8 Å². The van der Waals surface area contributed by atoms with Crippen molar-refractivity contribution in [2.75, 3.05) is 6.61 Å². The van der Waals surface area contributed by atoms with Gasteiger partial charge in [0.25, 0.3) is 0 Å². The third-order valence-corrected chi connectivity index (χ3v) is 5.97. The molecule has 0 spiro atoms. The van der Waals surface area contributed by atoms with Crippen molar-refractivity contribution in [1.82, 2.24) is 0 Å². The highest BCUT2D eigenvalue weighted by Gasteiger charge is 2.58. The minimum absolute atomic E-state index is 0.0193. The van der Waals surface area contributed by atoms with E-state index >= 15 is 0 Å². The van der Waals surface area contributed by atoms with Gasteiger partial charge in [0.1, 0.15) is 0 Å². The first-order valence-corrected chi connectivity index (χ1v) is 7.82. The van der Waals surface area contributed by atoms with Crippen LogP contribution in [0.3, 0.4) is 0 Å². The first-order valence-electron chi connectivity index (χ1n) is 7.82. The highest BCUT2D eigenvalue weighted by molar-refractivity contribution is 5.70. The van der Waals surface area contributed by atoms with E-state index in [2.05, 4.69) is 0 Å². The Morgan fingerprint density at radius 1 is 1.21 bits per heavy atom. The highest BCUT2D eigenvalue weighted by atomic mass is 16.5. The second-order valence-electron chi connectivity index (χ2n) is 7.45. The largest absolute Gasteiger partial charge is 0.466 e. The van der Waals surface area contributed by atoms with Gasteiger partial charge in [0, 0.05) is 5.41 Å². The summed E-state index contributed by atoms with van der Waals surface area (Å²) in [4.78, 5) is 11.8. The Morgan fingerprint density at radius 2 is 1.68 bits per heavy atom. The number of rotatable bonds is 4. The molecule has 0 saturated heterocycles. The fraction of sp³-hybridized carbons (Fsp3) is 0.938. The molecule has 0 aromatic rings. The van der Waals surface area contributed by atoms with E-state index in [4.69, 9.17) is 4.74 Å². The van der Waals surface area contributed by atoms with Crippen LogP contribution in [0.15, 0.2) is 0 Å². The van der Waals surface area contributed by atoms with Crippen molar-refractivity contribution < 1.29 is 14.6 Å². The molecule has 0 aliphatic heterocycles. The van der Waals surface area contributed by atoms with Crippen LogP contribution in [0.5, 0.6) is 0 Å². The average Bonchev–Trinajstić information content (AvgIpc) is 2.26. The summed E-state index contributed by atoms with van der Waals surface area (Å²) in [6, 6.07) is 0. The van der Waals surface area contributed by atoms with Gasteiger partial charge in [0.15, 0.2) is 0 Å². The zero-order valence-corrected chi connectivity index (χ0v) is 12.2. The van der Waals surface area contributed by atoms with E-state index in [1.165, 1.54) is 19.3 Å². The van der Waals surface area contributed by atoms with Gasteiger partial charge in [-0.15, -0.1) is 0 Å². The second kappa shape index (κ2) is 4.47. The van der Waals surface area contributed by atoms with Crippen molar-refractivity contribution in [3.63, 3.8) is 0 Å². The molecule has 4 aliphatic carbocycles. The van der Waals surface area contributed by atoms with Crippen LogP contribution in [0.2, 0.25) is 0 Å². The smallest absolute Gasteiger partial charge is 0.308 e. The zero-order chi connectivity index (χ0) is 13.7. The van der Waals surface area contributed by atoms with E-state index < -0.39 is 5.60 Å². The summed E-state index contributed by atoms with van der Waals surface area (Å²) >= 11 is 0. The molecule has 1 N–H and O–H groups in total. The molecule has 4 bridgehead atoms. The lowest BCUT2D eigenvalue weighted by Crippen LogP contribution is -2.57. The van der Waals surface area contributed by atoms with Crippen LogP contribution in [-0.2, 0) is 9.53 Å². The van der Waals surface area contributed by atoms with Gasteiger partial charge in [-0.05, 0) is 70.1 Å². The van der Waals surface area contributed by atoms with Gasteiger partial charge in [-0.25, -0.2) is 0 Å². The topological polar surface area (TPSA) is 46.5 Å². The standard InChI is InChI=1S/C16H26O3/c1-3-19-14(17)10-15(2,18)16-7-11-4-12(8-16)6-13(5-11)9-16/h11-13,18H,3-10H2,1-2H3. The van der Waals surface area contributed by atoms with Crippen LogP contribution in [0.25, 0.3) is 0 Å². The van der Waals surface area contributed by atoms with E-state index in [1.54, 1.807) is 0 Å². The van der Waals surface area contributed by atoms with E-state index in [1.807, 2.05) is 13.8 Å². The number of carbonyl (C=O) groups is 1. The van der Waals surface area contributed by atoms with Crippen LogP contribution >= 0.6 is 0 Å². The number of hydrogen-bond acceptors (Lipinski definition) is 3. The molecule has 3 heteroatoms. The third-order valence-electron chi connectivity index (χ3n) is 5.97. The van der Waals surface area contributed by atoms with Crippen molar-refractivity contribution in [2.24, 2.45) is 23.2 Å². The van der Waals surface area contributed by atoms with Gasteiger partial charge in [0.2, 0.25) is 0 Å². The molecule has 0 heterocycles. The molecular formula is C16H26O3. The minimum Gasteiger partial charge on any atom is -0.466 e. The second-order valence-corrected chi connectivity index (χ2v) is 7.45. The van der Waals surface area contributed by atoms with Crippen LogP contribution in [0.4, 0.5) is 0 Å². The minimum atomic E-state index is -0.894. The Morgan fingerprint density at radius 3 is 2.11 bits per heavy atom. The molecule has 108 valence electrons. The summed E-state index contributed by atoms with van der Waals surface area (Å²) in [6.45, 7) is 4.09. The molecule has 0 aromatic carbocycles. The summed E-state index contributed by atoms with van der Waals surface area (Å²) in [5, 5.41) is 11.0. The van der Waals surface area contributed by atoms with Gasteiger partial charge in [-0.1, -0.05) is 0 Å². The molecular weight excluding hydrogens is 240 g/mol. The van der Waals surface area contributed by atoms with Crippen molar-refractivity contribution in [1.29, 1.82) is 0 Å². The summed E-state index contributed by atoms with van der Waals surface area (Å²) < 4.78 is 5.04. The number of esters is 1. The lowest BCUT2D eigenvalue weighted by molar-refractivity contribution is -0.185. The maximum atomic E-state index is 11.8. The predicted octanol–water partition coefficient (Wildman–Crippen LogP) is 2.91. The Balaban J connectivity index is 1.78. The number of hydrogen-bond donors (Lipinski definition) is 1. The van der Waals surface area contributed by atoms with E-state index in [0.717, 1.165) is 37.0 Å². The van der Waals surface area contributed by atoms with Crippen LogP contribution in [-0.4, -0.2) is 23.3 Å². The molecule has 1 unspecified atom stereocenters. The molecule has 3 nitrogen and oxygen atoms in total. The molecule has 4 rings (SSSR count). The van der Waals surface area contributed by atoms with Crippen molar-refractivity contribution >= 4 is 5.97 Å². The quantitative estimate of drug-likeness (QED) is 0.796. The Hall–Kier alpha value is -0.570. The van der Waals surface area contributed by atoms with E-state index in [9.17, 15) is 9.90 Å². The third kappa shape index (κ3) is 2.20. The van der Waals surface area contributed by atoms with Crippen molar-refractivity contribution in [3.8, 4) is 0 Å². The normalized spacial score (nSPS) is 43.0. The maximum absolute atomic E-state index is 11.8. The van der Waals surface area contributed by atoms with Gasteiger partial charge >= 0.3 is 5.97 Å². The van der Waals surface area contributed by atoms with Gasteiger partial charge in [0.05, 0.1) is 18.6 Å². The fourth-order valence-electron chi connectivity index (χ4n) is 5.45. The summed E-state index contributed by atoms with van der Waals surface area (Å²) in [5.74, 6) is 2.13. The Bertz CT molecular complexity index is 337. The Labute approximate surface area is 115 Å². The molecule has 4 saturated carbocycles. The lowest BCUT2D eigenvalue weighted by Gasteiger charge is -2.61. The fourth-order valence-corrected chi connectivity index (χ4v) is 5.45. The SMILES string of the molecule is CCOC(=O)CC(C)(O)C12CC3CC(CC(C3)C1)C2. The van der Waals surface area contributed by atoms with Crippen LogP contribution in [0, 0.1) is 23.2 Å². The van der Waals surface area contributed by atoms with Gasteiger partial charge in [-0.3, -0.25) is 4.79 Å². The summed E-state index contributed by atoms with van der Waals surface area (Å²) in [6.07, 6.45) is 7.58. The highest BCUT2D eigenvalue weighted by Crippen LogP contribution is 2.64. The average molecular weight is 266 g/mol. The van der Waals surface area contributed by atoms with Crippen molar-refractivity contribution in [3.05, 3.63) is 0 Å². The lowest BCUT2D eigenvalue weighted by atomic mass is 9.45.